The molecule has 1 unspecified atom stereocenters. The summed E-state index contributed by atoms with van der Waals surface area (Å²) in [5.74, 6) is -2.61. The molecule has 0 amide bonds. The molecule has 1 saturated heterocycles. The zero-order valence-corrected chi connectivity index (χ0v) is 16.8. The summed E-state index contributed by atoms with van der Waals surface area (Å²) in [6.07, 6.45) is 0.921. The van der Waals surface area contributed by atoms with E-state index in [1.807, 2.05) is 0 Å². The van der Waals surface area contributed by atoms with Gasteiger partial charge in [-0.2, -0.15) is 0 Å². The average Bonchev–Trinajstić information content (AvgIpc) is 3.29. The zero-order chi connectivity index (χ0) is 21.5. The molecule has 2 aromatic rings. The fraction of sp³-hybridized carbons (Fsp3) is 0.273. The SMILES string of the molecule is O=C(CC(SC(=O)c1ccccc1)C(=O)c1ccc(F)cc1)OC(=O)[C@@H]1CCCN1. The summed E-state index contributed by atoms with van der Waals surface area (Å²) < 4.78 is 18.1. The van der Waals surface area contributed by atoms with Crippen LogP contribution in [0.5, 0.6) is 0 Å². The van der Waals surface area contributed by atoms with Gasteiger partial charge in [0, 0.05) is 11.1 Å². The molecule has 1 aliphatic heterocycles. The number of hydrogen-bond donors (Lipinski definition) is 1. The maximum absolute atomic E-state index is 13.2. The summed E-state index contributed by atoms with van der Waals surface area (Å²) in [7, 11) is 0. The second-order valence-electron chi connectivity index (χ2n) is 6.78. The number of carbonyl (C=O) groups is 4. The molecule has 0 spiro atoms. The molecular formula is C22H20FNO5S. The molecule has 0 aromatic heterocycles. The van der Waals surface area contributed by atoms with Gasteiger partial charge < -0.3 is 10.1 Å². The van der Waals surface area contributed by atoms with Crippen molar-refractivity contribution in [3.05, 3.63) is 71.5 Å². The Kier molecular flexibility index (Phi) is 7.48. The van der Waals surface area contributed by atoms with Crippen LogP contribution in [-0.2, 0) is 14.3 Å². The molecule has 8 heteroatoms. The van der Waals surface area contributed by atoms with E-state index < -0.39 is 46.4 Å². The van der Waals surface area contributed by atoms with Crippen LogP contribution < -0.4 is 5.32 Å². The predicted molar refractivity (Wildman–Crippen MR) is 110 cm³/mol. The normalized spacial score (nSPS) is 16.6. The Hall–Kier alpha value is -2.84. The van der Waals surface area contributed by atoms with Gasteiger partial charge in [0.1, 0.15) is 11.9 Å². The molecule has 6 nitrogen and oxygen atoms in total. The number of esters is 2. The van der Waals surface area contributed by atoms with Crippen LogP contribution in [0.15, 0.2) is 54.6 Å². The van der Waals surface area contributed by atoms with Crippen molar-refractivity contribution in [2.75, 3.05) is 6.54 Å². The van der Waals surface area contributed by atoms with Crippen LogP contribution in [0.3, 0.4) is 0 Å². The Labute approximate surface area is 177 Å². The van der Waals surface area contributed by atoms with E-state index in [0.29, 0.717) is 30.3 Å². The van der Waals surface area contributed by atoms with Crippen molar-refractivity contribution in [1.82, 2.24) is 5.32 Å². The molecule has 30 heavy (non-hydrogen) atoms. The summed E-state index contributed by atoms with van der Waals surface area (Å²) in [6.45, 7) is 0.668. The zero-order valence-electron chi connectivity index (χ0n) is 16.0. The predicted octanol–water partition coefficient (Wildman–Crippen LogP) is 3.16. The van der Waals surface area contributed by atoms with Gasteiger partial charge in [-0.15, -0.1) is 0 Å². The molecule has 1 aliphatic rings. The highest BCUT2D eigenvalue weighted by molar-refractivity contribution is 8.15. The maximum atomic E-state index is 13.2. The van der Waals surface area contributed by atoms with Gasteiger partial charge in [0.2, 0.25) is 5.12 Å². The topological polar surface area (TPSA) is 89.5 Å². The Morgan fingerprint density at radius 1 is 1.03 bits per heavy atom. The van der Waals surface area contributed by atoms with E-state index in [1.54, 1.807) is 30.3 Å². The van der Waals surface area contributed by atoms with Crippen molar-refractivity contribution in [3.8, 4) is 0 Å². The third kappa shape index (κ3) is 5.84. The van der Waals surface area contributed by atoms with Gasteiger partial charge in [0.25, 0.3) is 0 Å². The van der Waals surface area contributed by atoms with Gasteiger partial charge in [-0.25, -0.2) is 9.18 Å². The highest BCUT2D eigenvalue weighted by atomic mass is 32.2. The first-order valence-corrected chi connectivity index (χ1v) is 10.4. The molecular weight excluding hydrogens is 409 g/mol. The lowest BCUT2D eigenvalue weighted by molar-refractivity contribution is -0.160. The first kappa shape index (κ1) is 21.9. The van der Waals surface area contributed by atoms with Crippen molar-refractivity contribution in [2.45, 2.75) is 30.6 Å². The number of hydrogen-bond acceptors (Lipinski definition) is 7. The van der Waals surface area contributed by atoms with Crippen molar-refractivity contribution in [1.29, 1.82) is 0 Å². The molecule has 2 atom stereocenters. The minimum atomic E-state index is -1.11. The fourth-order valence-corrected chi connectivity index (χ4v) is 4.01. The van der Waals surface area contributed by atoms with E-state index in [0.717, 1.165) is 18.6 Å². The molecule has 3 rings (SSSR count). The van der Waals surface area contributed by atoms with Crippen molar-refractivity contribution < 1.29 is 28.3 Å². The third-order valence-electron chi connectivity index (χ3n) is 4.59. The molecule has 0 radical (unpaired) electrons. The minimum absolute atomic E-state index is 0.159. The first-order valence-electron chi connectivity index (χ1n) is 9.48. The Morgan fingerprint density at radius 2 is 1.73 bits per heavy atom. The van der Waals surface area contributed by atoms with E-state index >= 15 is 0 Å². The standard InChI is InChI=1S/C22H20FNO5S/c23-16-10-8-14(9-11-16)20(26)18(30-22(28)15-5-2-1-3-6-15)13-19(25)29-21(27)17-7-4-12-24-17/h1-3,5-6,8-11,17-18,24H,4,7,12-13H2/t17-,18?/m0/s1. The molecule has 2 aromatic carbocycles. The van der Waals surface area contributed by atoms with Gasteiger partial charge in [-0.3, -0.25) is 14.4 Å². The number of benzene rings is 2. The van der Waals surface area contributed by atoms with Crippen LogP contribution in [0.1, 0.15) is 40.0 Å². The second kappa shape index (κ2) is 10.3. The summed E-state index contributed by atoms with van der Waals surface area (Å²) in [4.78, 5) is 49.9. The lowest BCUT2D eigenvalue weighted by Gasteiger charge is -2.15. The lowest BCUT2D eigenvalue weighted by atomic mass is 10.1. The number of ketones is 1. The first-order chi connectivity index (χ1) is 14.4. The largest absolute Gasteiger partial charge is 0.392 e. The number of nitrogens with one attached hydrogen (secondary N) is 1. The van der Waals surface area contributed by atoms with E-state index in [2.05, 4.69) is 5.32 Å². The molecule has 0 aliphatic carbocycles. The molecule has 1 N–H and O–H groups in total. The van der Waals surface area contributed by atoms with E-state index in [-0.39, 0.29) is 5.56 Å². The summed E-state index contributed by atoms with van der Waals surface area (Å²) in [5, 5.41) is 1.43. The maximum Gasteiger partial charge on any atom is 0.330 e. The number of thioether (sulfide) groups is 1. The van der Waals surface area contributed by atoms with Crippen molar-refractivity contribution in [2.24, 2.45) is 0 Å². The minimum Gasteiger partial charge on any atom is -0.392 e. The molecule has 1 fully saturated rings. The Bertz CT molecular complexity index is 926. The fourth-order valence-electron chi connectivity index (χ4n) is 3.02. The van der Waals surface area contributed by atoms with Crippen LogP contribution in [0, 0.1) is 5.82 Å². The number of halogens is 1. The van der Waals surface area contributed by atoms with Crippen LogP contribution in [0.4, 0.5) is 4.39 Å². The average molecular weight is 429 g/mol. The summed E-state index contributed by atoms with van der Waals surface area (Å²) in [5.41, 5.74) is 0.533. The summed E-state index contributed by atoms with van der Waals surface area (Å²) >= 11 is 0.683. The number of carbonyl (C=O) groups excluding carboxylic acids is 4. The smallest absolute Gasteiger partial charge is 0.330 e. The van der Waals surface area contributed by atoms with Crippen molar-refractivity contribution >= 4 is 34.6 Å². The highest BCUT2D eigenvalue weighted by Gasteiger charge is 2.31. The van der Waals surface area contributed by atoms with Crippen LogP contribution >= 0.6 is 11.8 Å². The van der Waals surface area contributed by atoms with Gasteiger partial charge in [0.05, 0.1) is 11.7 Å². The number of rotatable bonds is 7. The number of ether oxygens (including phenoxy) is 1. The monoisotopic (exact) mass is 429 g/mol. The van der Waals surface area contributed by atoms with Gasteiger partial charge >= 0.3 is 11.9 Å². The number of Topliss-reactive ketones (excluding diaryl/α,β-unsaturated/α-hetero) is 1. The Morgan fingerprint density at radius 3 is 2.37 bits per heavy atom. The third-order valence-corrected chi connectivity index (χ3v) is 5.71. The van der Waals surface area contributed by atoms with Gasteiger partial charge in [0.15, 0.2) is 5.78 Å². The molecule has 0 saturated carbocycles. The van der Waals surface area contributed by atoms with Crippen LogP contribution in [0.25, 0.3) is 0 Å². The van der Waals surface area contributed by atoms with E-state index in [1.165, 1.54) is 12.1 Å². The van der Waals surface area contributed by atoms with Crippen molar-refractivity contribution in [3.63, 3.8) is 0 Å². The van der Waals surface area contributed by atoms with Crippen LogP contribution in [0.2, 0.25) is 0 Å². The van der Waals surface area contributed by atoms with Crippen LogP contribution in [-0.4, -0.2) is 40.7 Å². The van der Waals surface area contributed by atoms with Gasteiger partial charge in [-0.1, -0.05) is 42.1 Å². The molecule has 0 bridgehead atoms. The van der Waals surface area contributed by atoms with E-state index in [4.69, 9.17) is 4.74 Å². The quantitative estimate of drug-likeness (QED) is 0.411. The highest BCUT2D eigenvalue weighted by Crippen LogP contribution is 2.25. The Balaban J connectivity index is 1.73. The molecule has 1 heterocycles. The molecule has 156 valence electrons. The second-order valence-corrected chi connectivity index (χ2v) is 7.95. The lowest BCUT2D eigenvalue weighted by Crippen LogP contribution is -2.35. The summed E-state index contributed by atoms with van der Waals surface area (Å²) in [6, 6.07) is 12.6. The van der Waals surface area contributed by atoms with Gasteiger partial charge in [-0.05, 0) is 43.7 Å². The van der Waals surface area contributed by atoms with E-state index in [9.17, 15) is 23.6 Å².